The number of ketones is 2. The Labute approximate surface area is 165 Å². The van der Waals surface area contributed by atoms with E-state index in [1.165, 1.54) is 20.3 Å². The number of hydrogen-bond donors (Lipinski definition) is 1. The van der Waals surface area contributed by atoms with Crippen molar-refractivity contribution in [1.29, 1.82) is 0 Å². The number of hydrogen-bond acceptors (Lipinski definition) is 7. The maximum atomic E-state index is 13.5. The van der Waals surface area contributed by atoms with Gasteiger partial charge in [0.25, 0.3) is 5.91 Å². The van der Waals surface area contributed by atoms with Gasteiger partial charge in [0.15, 0.2) is 5.75 Å². The molecule has 3 aliphatic rings. The van der Waals surface area contributed by atoms with Crippen LogP contribution in [0.4, 0.5) is 0 Å². The standard InChI is InChI=1S/C19H18ClNO7/c1-8-6-10-9(4-5-13(22)21(10)25)17(23)19(8)18(24)14-11(26-2)7-12(27-3)15(20)16(14)28-19/h7-8,25H,4-6H2,1-3H3/t8-,19+/m1/s1. The number of methoxy groups -OCH3 is 2. The smallest absolute Gasteiger partial charge is 0.250 e. The van der Waals surface area contributed by atoms with E-state index in [0.29, 0.717) is 5.06 Å². The molecule has 0 radical (unpaired) electrons. The van der Waals surface area contributed by atoms with Crippen LogP contribution in [0, 0.1) is 5.92 Å². The van der Waals surface area contributed by atoms with Crippen LogP contribution in [0.5, 0.6) is 17.2 Å². The average molecular weight is 408 g/mol. The number of carbonyl (C=O) groups excluding carboxylic acids is 3. The molecule has 2 atom stereocenters. The molecule has 0 saturated heterocycles. The van der Waals surface area contributed by atoms with Gasteiger partial charge in [-0.25, -0.2) is 0 Å². The predicted octanol–water partition coefficient (Wildman–Crippen LogP) is 2.55. The van der Waals surface area contributed by atoms with Gasteiger partial charge in [-0.3, -0.25) is 19.6 Å². The van der Waals surface area contributed by atoms with Crippen molar-refractivity contribution in [2.24, 2.45) is 5.92 Å². The van der Waals surface area contributed by atoms with Crippen LogP contribution in [0.25, 0.3) is 0 Å². The second kappa shape index (κ2) is 6.22. The largest absolute Gasteiger partial charge is 0.496 e. The quantitative estimate of drug-likeness (QED) is 0.593. The van der Waals surface area contributed by atoms with E-state index in [-0.39, 0.29) is 58.4 Å². The van der Waals surface area contributed by atoms with E-state index < -0.39 is 29.0 Å². The molecule has 0 fully saturated rings. The molecule has 8 nitrogen and oxygen atoms in total. The Kier molecular flexibility index (Phi) is 4.17. The lowest BCUT2D eigenvalue weighted by atomic mass is 9.69. The highest BCUT2D eigenvalue weighted by Crippen LogP contribution is 2.54. The van der Waals surface area contributed by atoms with Crippen molar-refractivity contribution in [3.05, 3.63) is 27.9 Å². The van der Waals surface area contributed by atoms with Gasteiger partial charge in [-0.2, -0.15) is 5.06 Å². The van der Waals surface area contributed by atoms with Crippen molar-refractivity contribution in [2.45, 2.75) is 31.8 Å². The van der Waals surface area contributed by atoms with Gasteiger partial charge in [0.05, 0.1) is 19.9 Å². The van der Waals surface area contributed by atoms with Crippen molar-refractivity contribution in [3.63, 3.8) is 0 Å². The number of benzene rings is 1. The first kappa shape index (κ1) is 18.8. The van der Waals surface area contributed by atoms with E-state index in [9.17, 15) is 19.6 Å². The predicted molar refractivity (Wildman–Crippen MR) is 95.9 cm³/mol. The van der Waals surface area contributed by atoms with Crippen LogP contribution in [-0.2, 0) is 9.59 Å². The van der Waals surface area contributed by atoms with Crippen LogP contribution in [-0.4, -0.2) is 47.6 Å². The molecule has 0 unspecified atom stereocenters. The van der Waals surface area contributed by atoms with E-state index >= 15 is 0 Å². The first-order valence-electron chi connectivity index (χ1n) is 8.74. The summed E-state index contributed by atoms with van der Waals surface area (Å²) in [5, 5.41) is 10.7. The van der Waals surface area contributed by atoms with E-state index in [1.54, 1.807) is 6.92 Å². The van der Waals surface area contributed by atoms with Crippen LogP contribution >= 0.6 is 11.6 Å². The van der Waals surface area contributed by atoms with Crippen molar-refractivity contribution < 1.29 is 33.8 Å². The van der Waals surface area contributed by atoms with Gasteiger partial charge < -0.3 is 14.2 Å². The summed E-state index contributed by atoms with van der Waals surface area (Å²) in [5.41, 5.74) is -1.28. The molecule has 1 aromatic carbocycles. The Morgan fingerprint density at radius 2 is 1.86 bits per heavy atom. The lowest BCUT2D eigenvalue weighted by Gasteiger charge is -2.40. The van der Waals surface area contributed by atoms with Crippen LogP contribution < -0.4 is 14.2 Å². The molecule has 148 valence electrons. The van der Waals surface area contributed by atoms with Gasteiger partial charge in [0.2, 0.25) is 17.2 Å². The van der Waals surface area contributed by atoms with Crippen LogP contribution in [0.2, 0.25) is 5.02 Å². The number of amides is 1. The van der Waals surface area contributed by atoms with Crippen molar-refractivity contribution in [3.8, 4) is 17.2 Å². The third-order valence-electron chi connectivity index (χ3n) is 5.65. The molecule has 1 aliphatic carbocycles. The highest BCUT2D eigenvalue weighted by molar-refractivity contribution is 6.36. The Bertz CT molecular complexity index is 970. The molecule has 1 aromatic rings. The Morgan fingerprint density at radius 3 is 2.50 bits per heavy atom. The monoisotopic (exact) mass is 407 g/mol. The second-order valence-electron chi connectivity index (χ2n) is 7.03. The van der Waals surface area contributed by atoms with Crippen LogP contribution in [0.3, 0.4) is 0 Å². The number of carbonyl (C=O) groups is 3. The molecule has 2 aliphatic heterocycles. The molecule has 0 saturated carbocycles. The fraction of sp³-hybridized carbons (Fsp3) is 0.421. The average Bonchev–Trinajstić information content (AvgIpc) is 2.99. The maximum absolute atomic E-state index is 13.5. The van der Waals surface area contributed by atoms with E-state index in [1.807, 2.05) is 0 Å². The number of ether oxygens (including phenoxy) is 3. The first-order valence-corrected chi connectivity index (χ1v) is 9.12. The lowest BCUT2D eigenvalue weighted by molar-refractivity contribution is -0.161. The summed E-state index contributed by atoms with van der Waals surface area (Å²) in [6, 6.07) is 1.47. The number of Topliss-reactive ketones (excluding diaryl/α,β-unsaturated/α-hetero) is 2. The SMILES string of the molecule is COc1cc(OC)c2c(c1Cl)O[C@@]1(C(=O)C3=C(C[C@H]1C)N(O)C(=O)CC3)C2=O. The normalized spacial score (nSPS) is 26.4. The van der Waals surface area contributed by atoms with Gasteiger partial charge in [-0.05, 0) is 12.8 Å². The van der Waals surface area contributed by atoms with Gasteiger partial charge in [-0.1, -0.05) is 18.5 Å². The highest BCUT2D eigenvalue weighted by atomic mass is 35.5. The number of rotatable bonds is 2. The summed E-state index contributed by atoms with van der Waals surface area (Å²) < 4.78 is 16.5. The topological polar surface area (TPSA) is 102 Å². The fourth-order valence-corrected chi connectivity index (χ4v) is 4.44. The van der Waals surface area contributed by atoms with Crippen LogP contribution in [0.1, 0.15) is 36.5 Å². The molecule has 2 heterocycles. The molecule has 1 N–H and O–H groups in total. The highest BCUT2D eigenvalue weighted by Gasteiger charge is 2.63. The zero-order valence-corrected chi connectivity index (χ0v) is 16.3. The van der Waals surface area contributed by atoms with E-state index in [0.717, 1.165) is 0 Å². The molecule has 9 heteroatoms. The van der Waals surface area contributed by atoms with Gasteiger partial charge in [-0.15, -0.1) is 0 Å². The lowest BCUT2D eigenvalue weighted by Crippen LogP contribution is -2.58. The van der Waals surface area contributed by atoms with Gasteiger partial charge in [0, 0.05) is 24.0 Å². The number of allylic oxidation sites excluding steroid dienone is 1. The molecule has 0 bridgehead atoms. The molecular weight excluding hydrogens is 390 g/mol. The zero-order valence-electron chi connectivity index (χ0n) is 15.5. The Balaban J connectivity index is 1.89. The summed E-state index contributed by atoms with van der Waals surface area (Å²) in [4.78, 5) is 38.7. The molecule has 0 aromatic heterocycles. The minimum absolute atomic E-state index is 0.0232. The number of fused-ring (bicyclic) bond motifs is 1. The minimum atomic E-state index is -1.81. The summed E-state index contributed by atoms with van der Waals surface area (Å²) >= 11 is 6.35. The summed E-state index contributed by atoms with van der Waals surface area (Å²) in [6.45, 7) is 1.66. The Hall–Kier alpha value is -2.58. The third kappa shape index (κ3) is 2.18. The zero-order chi connectivity index (χ0) is 20.4. The number of hydroxylamine groups is 2. The second-order valence-corrected chi connectivity index (χ2v) is 7.41. The first-order chi connectivity index (χ1) is 13.3. The van der Waals surface area contributed by atoms with Gasteiger partial charge >= 0.3 is 0 Å². The van der Waals surface area contributed by atoms with Crippen molar-refractivity contribution >= 4 is 29.1 Å². The molecule has 1 spiro atoms. The third-order valence-corrected chi connectivity index (χ3v) is 6.01. The molecule has 4 rings (SSSR count). The van der Waals surface area contributed by atoms with E-state index in [2.05, 4.69) is 0 Å². The van der Waals surface area contributed by atoms with Crippen LogP contribution in [0.15, 0.2) is 17.3 Å². The fourth-order valence-electron chi connectivity index (χ4n) is 4.17. The van der Waals surface area contributed by atoms with Crippen molar-refractivity contribution in [1.82, 2.24) is 5.06 Å². The Morgan fingerprint density at radius 1 is 1.18 bits per heavy atom. The summed E-state index contributed by atoms with van der Waals surface area (Å²) in [6.07, 6.45) is 0.240. The van der Waals surface area contributed by atoms with Crippen molar-refractivity contribution in [2.75, 3.05) is 14.2 Å². The summed E-state index contributed by atoms with van der Waals surface area (Å²) in [5.74, 6) is -1.75. The maximum Gasteiger partial charge on any atom is 0.250 e. The molecular formula is C19H18ClNO7. The van der Waals surface area contributed by atoms with Gasteiger partial charge in [0.1, 0.15) is 22.1 Å². The number of nitrogens with zero attached hydrogens (tertiary/aromatic N) is 1. The summed E-state index contributed by atoms with van der Waals surface area (Å²) in [7, 11) is 2.81. The molecule has 28 heavy (non-hydrogen) atoms. The minimum Gasteiger partial charge on any atom is -0.496 e. The van der Waals surface area contributed by atoms with E-state index in [4.69, 9.17) is 25.8 Å². The molecule has 1 amide bonds. The number of halogens is 1.